The molecule has 0 atom stereocenters. The summed E-state index contributed by atoms with van der Waals surface area (Å²) in [5.41, 5.74) is 0. The van der Waals surface area contributed by atoms with E-state index in [2.05, 4.69) is 17.3 Å². The molecular weight excluding hydrogens is 385 g/mol. The molecular formula is AgI2Na. The molecule has 0 fully saturated rings. The standard InChI is InChI=1S/Ag.2HI.Na/h;2*1H;/q+1;;;+1/p-2. The van der Waals surface area contributed by atoms with Gasteiger partial charge < -0.3 is 24.0 Å². The van der Waals surface area contributed by atoms with Crippen LogP contribution in [0.5, 0.6) is 0 Å². The van der Waals surface area contributed by atoms with Crippen LogP contribution in [0.15, 0.2) is 0 Å². The largest absolute Gasteiger partial charge is 1.00 e. The third-order valence-corrected chi connectivity index (χ3v) is 0. The van der Waals surface area contributed by atoms with E-state index in [0.717, 1.165) is 0 Å². The van der Waals surface area contributed by atoms with Crippen LogP contribution in [-0.2, 0) is 17.3 Å². The van der Waals surface area contributed by atoms with E-state index in [-0.39, 0.29) is 53.5 Å². The molecule has 0 rings (SSSR count). The summed E-state index contributed by atoms with van der Waals surface area (Å²) >= 11 is 4.88. The first-order chi connectivity index (χ1) is 1.00. The molecule has 0 N–H and O–H groups in total. The average Bonchev–Trinajstić information content (AvgIpc) is 1.00. The Kier molecular flexibility index (Phi) is 64.2. The second-order valence-corrected chi connectivity index (χ2v) is 0. The smallest absolute Gasteiger partial charge is 1.00 e. The van der Waals surface area contributed by atoms with Crippen molar-refractivity contribution in [1.29, 1.82) is 0 Å². The Hall–Kier alpha value is 3.20. The quantitative estimate of drug-likeness (QED) is 0.290. The fourth-order valence-corrected chi connectivity index (χ4v) is 0. The maximum Gasteiger partial charge on any atom is 1.00 e. The van der Waals surface area contributed by atoms with E-state index in [4.69, 9.17) is 0 Å². The van der Waals surface area contributed by atoms with Crippen LogP contribution in [0, 0.1) is 0 Å². The monoisotopic (exact) mass is 384 g/mol. The molecule has 4 heteroatoms. The van der Waals surface area contributed by atoms with Gasteiger partial charge in [0.1, 0.15) is 0 Å². The van der Waals surface area contributed by atoms with Gasteiger partial charge in [-0.25, -0.2) is 0 Å². The van der Waals surface area contributed by atoms with Gasteiger partial charge in [-0.05, 0) is 0 Å². The van der Waals surface area contributed by atoms with E-state index in [9.17, 15) is 0 Å². The van der Waals surface area contributed by atoms with Crippen molar-refractivity contribution in [3.05, 3.63) is 0 Å². The molecule has 0 aromatic heterocycles. The molecule has 0 aliphatic carbocycles. The van der Waals surface area contributed by atoms with Gasteiger partial charge in [0.25, 0.3) is 0 Å². The maximum absolute atomic E-state index is 2.92. The van der Waals surface area contributed by atoms with Crippen molar-refractivity contribution in [1.82, 2.24) is 0 Å². The predicted molar refractivity (Wildman–Crippen MR) is 14.0 cm³/mol. The Morgan fingerprint density at radius 2 is 1.25 bits per heavy atom. The normalized spacial score (nSPS) is 1.75. The SMILES string of the molecule is [Ag][I].[I-].[Na+]. The summed E-state index contributed by atoms with van der Waals surface area (Å²) < 4.78 is 0. The molecule has 0 aliphatic rings. The third-order valence-electron chi connectivity index (χ3n) is 0. The van der Waals surface area contributed by atoms with Crippen LogP contribution in [-0.4, -0.2) is 0 Å². The minimum atomic E-state index is 0. The van der Waals surface area contributed by atoms with Gasteiger partial charge >= 0.3 is 65.8 Å². The molecule has 0 aromatic carbocycles. The first-order valence-electron chi connectivity index (χ1n) is 0.114. The molecule has 0 aromatic rings. The second-order valence-electron chi connectivity index (χ2n) is 0. The van der Waals surface area contributed by atoms with Crippen molar-refractivity contribution < 1.29 is 70.8 Å². The summed E-state index contributed by atoms with van der Waals surface area (Å²) in [7, 11) is 0. The van der Waals surface area contributed by atoms with E-state index < -0.39 is 0 Å². The first kappa shape index (κ1) is 15.7. The van der Waals surface area contributed by atoms with E-state index in [1.807, 2.05) is 19.0 Å². The van der Waals surface area contributed by atoms with Crippen LogP contribution >= 0.6 is 19.0 Å². The van der Waals surface area contributed by atoms with Gasteiger partial charge in [-0.3, -0.25) is 0 Å². The Morgan fingerprint density at radius 1 is 1.25 bits per heavy atom. The van der Waals surface area contributed by atoms with Gasteiger partial charge in [0.15, 0.2) is 0 Å². The second kappa shape index (κ2) is 16.4. The summed E-state index contributed by atoms with van der Waals surface area (Å²) in [6.45, 7) is 0. The molecule has 0 unspecified atom stereocenters. The molecule has 0 amide bonds. The van der Waals surface area contributed by atoms with Crippen molar-refractivity contribution in [2.75, 3.05) is 0 Å². The van der Waals surface area contributed by atoms with Crippen molar-refractivity contribution in [3.63, 3.8) is 0 Å². The van der Waals surface area contributed by atoms with E-state index in [1.165, 1.54) is 0 Å². The van der Waals surface area contributed by atoms with Crippen LogP contribution in [0.1, 0.15) is 0 Å². The maximum atomic E-state index is 2.92. The topological polar surface area (TPSA) is 0 Å². The molecule has 0 nitrogen and oxygen atoms in total. The molecule has 0 saturated heterocycles. The Labute approximate surface area is 87.6 Å². The van der Waals surface area contributed by atoms with Crippen LogP contribution < -0.4 is 53.5 Å². The average molecular weight is 385 g/mol. The zero-order valence-electron chi connectivity index (χ0n) is 2.06. The van der Waals surface area contributed by atoms with Crippen molar-refractivity contribution in [2.45, 2.75) is 0 Å². The molecule has 26 valence electrons. The van der Waals surface area contributed by atoms with Crippen molar-refractivity contribution >= 4 is 19.0 Å². The van der Waals surface area contributed by atoms with Crippen LogP contribution in [0.2, 0.25) is 0 Å². The minimum absolute atomic E-state index is 0. The van der Waals surface area contributed by atoms with Crippen molar-refractivity contribution in [3.8, 4) is 0 Å². The summed E-state index contributed by atoms with van der Waals surface area (Å²) in [6.07, 6.45) is 0. The molecule has 0 radical (unpaired) electrons. The fourth-order valence-electron chi connectivity index (χ4n) is 0. The number of hydrogen-bond donors (Lipinski definition) is 0. The van der Waals surface area contributed by atoms with Gasteiger partial charge in [-0.2, -0.15) is 0 Å². The minimum Gasteiger partial charge on any atom is -1.00 e. The van der Waals surface area contributed by atoms with E-state index in [1.54, 1.807) is 0 Å². The Balaban J connectivity index is -0.00000000500. The van der Waals surface area contributed by atoms with Gasteiger partial charge in [0.2, 0.25) is 0 Å². The van der Waals surface area contributed by atoms with Gasteiger partial charge in [0, 0.05) is 0 Å². The van der Waals surface area contributed by atoms with Crippen molar-refractivity contribution in [2.24, 2.45) is 0 Å². The summed E-state index contributed by atoms with van der Waals surface area (Å²) in [5, 5.41) is 0. The third kappa shape index (κ3) is 8.96. The Bertz CT molecular complexity index is 6.00. The zero-order valence-corrected chi connectivity index (χ0v) is 9.85. The summed E-state index contributed by atoms with van der Waals surface area (Å²) in [4.78, 5) is 0. The number of hydrogen-bond acceptors (Lipinski definition) is 0. The molecule has 0 spiro atoms. The molecule has 0 bridgehead atoms. The zero-order chi connectivity index (χ0) is 2.00. The molecule has 0 aliphatic heterocycles. The Morgan fingerprint density at radius 3 is 1.25 bits per heavy atom. The van der Waals surface area contributed by atoms with Crippen LogP contribution in [0.25, 0.3) is 0 Å². The van der Waals surface area contributed by atoms with E-state index in [0.29, 0.717) is 0 Å². The van der Waals surface area contributed by atoms with Gasteiger partial charge in [-0.1, -0.05) is 0 Å². The summed E-state index contributed by atoms with van der Waals surface area (Å²) in [5.74, 6) is 0. The van der Waals surface area contributed by atoms with Crippen LogP contribution in [0.3, 0.4) is 0 Å². The van der Waals surface area contributed by atoms with E-state index >= 15 is 0 Å². The predicted octanol–water partition coefficient (Wildman–Crippen LogP) is -5.11. The van der Waals surface area contributed by atoms with Crippen LogP contribution in [0.4, 0.5) is 0 Å². The number of rotatable bonds is 0. The number of halogens is 2. The first-order valence-corrected chi connectivity index (χ1v) is 4.52. The van der Waals surface area contributed by atoms with Gasteiger partial charge in [0.05, 0.1) is 0 Å². The summed E-state index contributed by atoms with van der Waals surface area (Å²) in [6, 6.07) is 0. The molecule has 4 heavy (non-hydrogen) atoms. The molecule has 0 heterocycles. The van der Waals surface area contributed by atoms with Gasteiger partial charge in [-0.15, -0.1) is 0 Å². The fraction of sp³-hybridized carbons (Fsp3) is 0. The molecule has 0 saturated carbocycles.